The van der Waals surface area contributed by atoms with E-state index in [1.54, 1.807) is 0 Å². The molecule has 0 radical (unpaired) electrons. The number of amides is 2. The smallest absolute Gasteiger partial charge is 0.268 e. The van der Waals surface area contributed by atoms with Gasteiger partial charge in [-0.05, 0) is 69.8 Å². The molecule has 3 nitrogen and oxygen atoms in total. The van der Waals surface area contributed by atoms with Gasteiger partial charge in [0.2, 0.25) is 0 Å². The highest BCUT2D eigenvalue weighted by Crippen LogP contribution is 2.37. The van der Waals surface area contributed by atoms with Crippen LogP contribution in [0.4, 0.5) is 4.79 Å². The van der Waals surface area contributed by atoms with Gasteiger partial charge in [0.25, 0.3) is 11.1 Å². The van der Waals surface area contributed by atoms with Crippen LogP contribution in [-0.2, 0) is 4.79 Å². The number of hydrogen-bond acceptors (Lipinski definition) is 3. The lowest BCUT2D eigenvalue weighted by Gasteiger charge is -2.25. The van der Waals surface area contributed by atoms with Gasteiger partial charge in [0.05, 0.1) is 4.91 Å². The first-order chi connectivity index (χ1) is 14.2. The molecule has 1 saturated heterocycles. The minimum Gasteiger partial charge on any atom is -0.268 e. The zero-order valence-electron chi connectivity index (χ0n) is 16.3. The van der Waals surface area contributed by atoms with Crippen molar-refractivity contribution in [1.82, 2.24) is 4.90 Å². The molecule has 1 aliphatic carbocycles. The molecule has 0 aromatic heterocycles. The normalized spacial score (nSPS) is 19.7. The van der Waals surface area contributed by atoms with Gasteiger partial charge in [-0.3, -0.25) is 14.5 Å². The highest BCUT2D eigenvalue weighted by atomic mass is 32.2. The molecule has 2 fully saturated rings. The number of nitrogens with zero attached hydrogens (tertiary/aromatic N) is 1. The Bertz CT molecular complexity index is 1090. The van der Waals surface area contributed by atoms with Crippen molar-refractivity contribution in [2.75, 3.05) is 6.54 Å². The van der Waals surface area contributed by atoms with Crippen molar-refractivity contribution >= 4 is 50.5 Å². The summed E-state index contributed by atoms with van der Waals surface area (Å²) in [6.07, 6.45) is 7.85. The summed E-state index contributed by atoms with van der Waals surface area (Å²) >= 11 is 1.08. The van der Waals surface area contributed by atoms with Crippen molar-refractivity contribution in [3.8, 4) is 0 Å². The Kier molecular flexibility index (Phi) is 4.88. The largest absolute Gasteiger partial charge is 0.293 e. The molecule has 1 heterocycles. The molecular weight excluding hydrogens is 378 g/mol. The van der Waals surface area contributed by atoms with Crippen LogP contribution >= 0.6 is 11.8 Å². The van der Waals surface area contributed by atoms with Crippen LogP contribution in [0.5, 0.6) is 0 Å². The monoisotopic (exact) mass is 401 g/mol. The van der Waals surface area contributed by atoms with Crippen LogP contribution in [0.3, 0.4) is 0 Å². The number of benzene rings is 3. The maximum atomic E-state index is 13.1. The van der Waals surface area contributed by atoms with Gasteiger partial charge in [-0.15, -0.1) is 0 Å². The standard InChI is InChI=1S/C25H23NO2S/c27-24-23(29-25(28)26(24)16-17-8-2-1-3-9-17)15-22-20-12-6-4-10-18(20)14-19-11-5-7-13-21(19)22/h4-7,10-15,17H,1-3,8-9,16H2/b23-15+. The molecule has 2 amide bonds. The first-order valence-electron chi connectivity index (χ1n) is 10.4. The quantitative estimate of drug-likeness (QED) is 0.366. The lowest BCUT2D eigenvalue weighted by molar-refractivity contribution is -0.123. The van der Waals surface area contributed by atoms with Crippen molar-refractivity contribution in [3.05, 3.63) is 65.1 Å². The van der Waals surface area contributed by atoms with E-state index in [1.807, 2.05) is 30.3 Å². The lowest BCUT2D eigenvalue weighted by atomic mass is 9.89. The highest BCUT2D eigenvalue weighted by molar-refractivity contribution is 8.18. The number of carbonyl (C=O) groups is 2. The summed E-state index contributed by atoms with van der Waals surface area (Å²) in [6, 6.07) is 18.6. The van der Waals surface area contributed by atoms with E-state index in [2.05, 4.69) is 30.3 Å². The molecule has 29 heavy (non-hydrogen) atoms. The number of imide groups is 1. The van der Waals surface area contributed by atoms with E-state index < -0.39 is 0 Å². The third-order valence-corrected chi connectivity index (χ3v) is 7.03. The van der Waals surface area contributed by atoms with Gasteiger partial charge >= 0.3 is 0 Å². The fourth-order valence-electron chi connectivity index (χ4n) is 4.62. The molecule has 146 valence electrons. The summed E-state index contributed by atoms with van der Waals surface area (Å²) in [5.74, 6) is 0.317. The third kappa shape index (κ3) is 3.46. The predicted molar refractivity (Wildman–Crippen MR) is 121 cm³/mol. The zero-order chi connectivity index (χ0) is 19.8. The second-order valence-electron chi connectivity index (χ2n) is 8.03. The van der Waals surface area contributed by atoms with Gasteiger partial charge in [0, 0.05) is 6.54 Å². The minimum absolute atomic E-state index is 0.128. The van der Waals surface area contributed by atoms with Crippen LogP contribution in [0.2, 0.25) is 0 Å². The Morgan fingerprint density at radius 3 is 2.17 bits per heavy atom. The number of rotatable bonds is 3. The predicted octanol–water partition coefficient (Wildman–Crippen LogP) is 6.61. The summed E-state index contributed by atoms with van der Waals surface area (Å²) in [6.45, 7) is 0.568. The van der Waals surface area contributed by atoms with E-state index in [9.17, 15) is 9.59 Å². The number of hydrogen-bond donors (Lipinski definition) is 0. The Hall–Kier alpha value is -2.59. The summed E-state index contributed by atoms with van der Waals surface area (Å²) in [7, 11) is 0. The van der Waals surface area contributed by atoms with E-state index in [-0.39, 0.29) is 11.1 Å². The first-order valence-corrected chi connectivity index (χ1v) is 11.2. The SMILES string of the molecule is O=C1S/C(=C/c2c3ccccc3cc3ccccc23)C(=O)N1CC1CCCCC1. The zero-order valence-corrected chi connectivity index (χ0v) is 17.1. The molecule has 4 heteroatoms. The summed E-state index contributed by atoms with van der Waals surface area (Å²) in [5, 5.41) is 4.35. The summed E-state index contributed by atoms with van der Waals surface area (Å²) in [4.78, 5) is 27.7. The van der Waals surface area contributed by atoms with Crippen LogP contribution in [0, 0.1) is 5.92 Å². The number of fused-ring (bicyclic) bond motifs is 2. The lowest BCUT2D eigenvalue weighted by Crippen LogP contribution is -2.34. The van der Waals surface area contributed by atoms with Crippen molar-refractivity contribution in [3.63, 3.8) is 0 Å². The van der Waals surface area contributed by atoms with Gasteiger partial charge in [0.15, 0.2) is 0 Å². The van der Waals surface area contributed by atoms with E-state index in [1.165, 1.54) is 24.2 Å². The van der Waals surface area contributed by atoms with Crippen molar-refractivity contribution < 1.29 is 9.59 Å². The van der Waals surface area contributed by atoms with E-state index in [0.29, 0.717) is 17.4 Å². The second kappa shape index (κ2) is 7.68. The third-order valence-electron chi connectivity index (χ3n) is 6.13. The second-order valence-corrected chi connectivity index (χ2v) is 9.02. The molecule has 1 saturated carbocycles. The Morgan fingerprint density at radius 1 is 0.897 bits per heavy atom. The maximum absolute atomic E-state index is 13.1. The first kappa shape index (κ1) is 18.4. The molecule has 0 atom stereocenters. The Labute approximate surface area is 174 Å². The Balaban J connectivity index is 1.55. The van der Waals surface area contributed by atoms with Crippen LogP contribution in [0.1, 0.15) is 37.7 Å². The minimum atomic E-state index is -0.136. The summed E-state index contributed by atoms with van der Waals surface area (Å²) in [5.41, 5.74) is 1.02. The van der Waals surface area contributed by atoms with Gasteiger partial charge in [-0.1, -0.05) is 67.8 Å². The maximum Gasteiger partial charge on any atom is 0.293 e. The van der Waals surface area contributed by atoms with Crippen molar-refractivity contribution in [2.24, 2.45) is 5.92 Å². The fraction of sp³-hybridized carbons (Fsp3) is 0.280. The molecule has 3 aromatic rings. The van der Waals surface area contributed by atoms with Gasteiger partial charge in [0.1, 0.15) is 0 Å². The van der Waals surface area contributed by atoms with Gasteiger partial charge in [-0.2, -0.15) is 0 Å². The van der Waals surface area contributed by atoms with Crippen LogP contribution in [0.25, 0.3) is 27.6 Å². The summed E-state index contributed by atoms with van der Waals surface area (Å²) < 4.78 is 0. The van der Waals surface area contributed by atoms with E-state index >= 15 is 0 Å². The Morgan fingerprint density at radius 2 is 1.52 bits per heavy atom. The molecule has 2 aliphatic rings. The van der Waals surface area contributed by atoms with Crippen molar-refractivity contribution in [2.45, 2.75) is 32.1 Å². The molecule has 0 unspecified atom stereocenters. The molecule has 0 N–H and O–H groups in total. The van der Waals surface area contributed by atoms with E-state index in [0.717, 1.165) is 51.7 Å². The molecular formula is C25H23NO2S. The highest BCUT2D eigenvalue weighted by Gasteiger charge is 2.36. The molecule has 1 aliphatic heterocycles. The average molecular weight is 402 g/mol. The number of thioether (sulfide) groups is 1. The average Bonchev–Trinajstić information content (AvgIpc) is 3.02. The van der Waals surface area contributed by atoms with E-state index in [4.69, 9.17) is 0 Å². The molecule has 0 bridgehead atoms. The number of carbonyl (C=O) groups excluding carboxylic acids is 2. The topological polar surface area (TPSA) is 37.4 Å². The molecule has 0 spiro atoms. The van der Waals surface area contributed by atoms with Crippen molar-refractivity contribution in [1.29, 1.82) is 0 Å². The molecule has 3 aromatic carbocycles. The van der Waals surface area contributed by atoms with Crippen LogP contribution in [-0.4, -0.2) is 22.6 Å². The van der Waals surface area contributed by atoms with Gasteiger partial charge in [-0.25, -0.2) is 0 Å². The van der Waals surface area contributed by atoms with Crippen LogP contribution in [0.15, 0.2) is 59.5 Å². The fourth-order valence-corrected chi connectivity index (χ4v) is 5.45. The van der Waals surface area contributed by atoms with Crippen LogP contribution < -0.4 is 0 Å². The molecule has 5 rings (SSSR count). The van der Waals surface area contributed by atoms with Gasteiger partial charge < -0.3 is 0 Å².